The number of hydrogen-bond donors (Lipinski definition) is 1. The van der Waals surface area contributed by atoms with Crippen molar-refractivity contribution in [1.29, 1.82) is 0 Å². The first-order chi connectivity index (χ1) is 14.2. The SMILES string of the molecule is CCCCn1c(N)[n+](CC(=O)c2ccc(-c3ccccc3)cc2)c2ccccc21. The molecule has 0 saturated heterocycles. The van der Waals surface area contributed by atoms with Crippen molar-refractivity contribution in [1.82, 2.24) is 4.57 Å². The minimum atomic E-state index is 0.0553. The molecule has 4 nitrogen and oxygen atoms in total. The van der Waals surface area contributed by atoms with Crippen LogP contribution in [0.1, 0.15) is 30.1 Å². The van der Waals surface area contributed by atoms with Crippen LogP contribution in [0.5, 0.6) is 0 Å². The third-order valence-corrected chi connectivity index (χ3v) is 5.37. The number of Topliss-reactive ketones (excluding diaryl/α,β-unsaturated/α-hetero) is 1. The van der Waals surface area contributed by atoms with Crippen LogP contribution in [0.25, 0.3) is 22.2 Å². The summed E-state index contributed by atoms with van der Waals surface area (Å²) in [4.78, 5) is 13.0. The maximum absolute atomic E-state index is 13.0. The van der Waals surface area contributed by atoms with Gasteiger partial charge in [0.25, 0.3) is 0 Å². The highest BCUT2D eigenvalue weighted by molar-refractivity contribution is 5.95. The van der Waals surface area contributed by atoms with Crippen LogP contribution in [0, 0.1) is 0 Å². The number of aryl methyl sites for hydroxylation is 1. The summed E-state index contributed by atoms with van der Waals surface area (Å²) < 4.78 is 4.04. The summed E-state index contributed by atoms with van der Waals surface area (Å²) in [6.07, 6.45) is 2.15. The summed E-state index contributed by atoms with van der Waals surface area (Å²) in [5.74, 6) is 0.689. The maximum Gasteiger partial charge on any atom is 0.356 e. The number of benzene rings is 3. The molecule has 0 fully saturated rings. The van der Waals surface area contributed by atoms with Gasteiger partial charge in [-0.1, -0.05) is 80.1 Å². The van der Waals surface area contributed by atoms with Crippen molar-refractivity contribution in [2.24, 2.45) is 0 Å². The van der Waals surface area contributed by atoms with E-state index in [2.05, 4.69) is 29.7 Å². The van der Waals surface area contributed by atoms with E-state index in [1.54, 1.807) is 0 Å². The number of aromatic nitrogens is 2. The Morgan fingerprint density at radius 1 is 0.897 bits per heavy atom. The number of rotatable bonds is 7. The normalized spacial score (nSPS) is 11.1. The second-order valence-corrected chi connectivity index (χ2v) is 7.30. The molecule has 0 unspecified atom stereocenters. The number of imidazole rings is 1. The van der Waals surface area contributed by atoms with Gasteiger partial charge in [-0.2, -0.15) is 0 Å². The van der Waals surface area contributed by atoms with Crippen molar-refractivity contribution in [2.45, 2.75) is 32.9 Å². The Morgan fingerprint density at radius 2 is 1.55 bits per heavy atom. The summed E-state index contributed by atoms with van der Waals surface area (Å²) >= 11 is 0. The molecule has 4 rings (SSSR count). The Balaban J connectivity index is 1.61. The van der Waals surface area contributed by atoms with E-state index in [0.717, 1.165) is 41.5 Å². The van der Waals surface area contributed by atoms with Crippen molar-refractivity contribution in [3.63, 3.8) is 0 Å². The molecule has 0 bridgehead atoms. The first-order valence-corrected chi connectivity index (χ1v) is 10.1. The van der Waals surface area contributed by atoms with E-state index in [1.165, 1.54) is 0 Å². The molecule has 0 aliphatic heterocycles. The van der Waals surface area contributed by atoms with Crippen LogP contribution < -0.4 is 10.3 Å². The highest BCUT2D eigenvalue weighted by atomic mass is 16.1. The molecular weight excluding hydrogens is 358 g/mol. The average Bonchev–Trinajstić information content (AvgIpc) is 3.04. The Bertz CT molecular complexity index is 1130. The lowest BCUT2D eigenvalue weighted by Crippen LogP contribution is -2.40. The number of nitrogen functional groups attached to an aromatic ring is 1. The second-order valence-electron chi connectivity index (χ2n) is 7.30. The van der Waals surface area contributed by atoms with Gasteiger partial charge in [0.1, 0.15) is 17.6 Å². The largest absolute Gasteiger partial charge is 0.356 e. The zero-order chi connectivity index (χ0) is 20.2. The van der Waals surface area contributed by atoms with E-state index < -0.39 is 0 Å². The number of ketones is 1. The number of nitrogens with two attached hydrogens (primary N) is 1. The molecule has 1 aromatic heterocycles. The summed E-state index contributed by atoms with van der Waals surface area (Å²) in [5.41, 5.74) is 11.5. The van der Waals surface area contributed by atoms with E-state index in [9.17, 15) is 4.79 Å². The van der Waals surface area contributed by atoms with E-state index >= 15 is 0 Å². The van der Waals surface area contributed by atoms with Gasteiger partial charge in [0.05, 0.1) is 6.54 Å². The molecule has 4 heteroatoms. The van der Waals surface area contributed by atoms with Gasteiger partial charge in [-0.3, -0.25) is 10.5 Å². The lowest BCUT2D eigenvalue weighted by atomic mass is 10.0. The molecule has 29 heavy (non-hydrogen) atoms. The number of hydrogen-bond acceptors (Lipinski definition) is 2. The van der Waals surface area contributed by atoms with Gasteiger partial charge in [0, 0.05) is 5.56 Å². The molecular formula is C25H26N3O+. The third kappa shape index (κ3) is 3.79. The van der Waals surface area contributed by atoms with Crippen molar-refractivity contribution in [3.8, 4) is 11.1 Å². The van der Waals surface area contributed by atoms with Crippen LogP contribution in [-0.2, 0) is 13.1 Å². The Labute approximate surface area is 171 Å². The number of carbonyl (C=O) groups is 1. The van der Waals surface area contributed by atoms with Gasteiger partial charge < -0.3 is 0 Å². The van der Waals surface area contributed by atoms with E-state index in [-0.39, 0.29) is 12.3 Å². The summed E-state index contributed by atoms with van der Waals surface area (Å²) in [6, 6.07) is 26.1. The van der Waals surface area contributed by atoms with Gasteiger partial charge in [0.2, 0.25) is 0 Å². The average molecular weight is 385 g/mol. The smallest absolute Gasteiger partial charge is 0.291 e. The number of nitrogens with zero attached hydrogens (tertiary/aromatic N) is 2. The first kappa shape index (κ1) is 18.9. The highest BCUT2D eigenvalue weighted by Gasteiger charge is 2.22. The van der Waals surface area contributed by atoms with Crippen LogP contribution in [0.3, 0.4) is 0 Å². The molecule has 0 spiro atoms. The van der Waals surface area contributed by atoms with Crippen molar-refractivity contribution in [3.05, 3.63) is 84.4 Å². The number of unbranched alkanes of at least 4 members (excludes halogenated alkanes) is 1. The van der Waals surface area contributed by atoms with Crippen LogP contribution in [-0.4, -0.2) is 10.4 Å². The Kier molecular flexibility index (Phi) is 5.43. The second kappa shape index (κ2) is 8.31. The molecule has 2 N–H and O–H groups in total. The van der Waals surface area contributed by atoms with Crippen LogP contribution >= 0.6 is 0 Å². The summed E-state index contributed by atoms with van der Waals surface area (Å²) in [7, 11) is 0. The molecule has 0 radical (unpaired) electrons. The topological polar surface area (TPSA) is 51.9 Å². The van der Waals surface area contributed by atoms with Crippen molar-refractivity contribution < 1.29 is 9.36 Å². The molecule has 3 aromatic carbocycles. The molecule has 0 aliphatic carbocycles. The molecule has 146 valence electrons. The standard InChI is InChI=1S/C25H25N3O/c1-2-3-17-27-22-11-7-8-12-23(22)28(25(27)26)18-24(29)21-15-13-20(14-16-21)19-9-5-4-6-10-19/h4-16,26H,2-3,17-18H2,1H3/p+1. The van der Waals surface area contributed by atoms with Gasteiger partial charge in [-0.25, -0.2) is 9.13 Å². The number of carbonyl (C=O) groups excluding carboxylic acids is 1. The quantitative estimate of drug-likeness (QED) is 0.365. The summed E-state index contributed by atoms with van der Waals surface area (Å²) in [6.45, 7) is 3.25. The maximum atomic E-state index is 13.0. The zero-order valence-corrected chi connectivity index (χ0v) is 16.7. The zero-order valence-electron chi connectivity index (χ0n) is 16.7. The first-order valence-electron chi connectivity index (χ1n) is 10.1. The number of para-hydroxylation sites is 2. The predicted molar refractivity (Wildman–Crippen MR) is 118 cm³/mol. The van der Waals surface area contributed by atoms with Crippen molar-refractivity contribution >= 4 is 22.8 Å². The Morgan fingerprint density at radius 3 is 2.28 bits per heavy atom. The fourth-order valence-corrected chi connectivity index (χ4v) is 3.74. The number of fused-ring (bicyclic) bond motifs is 1. The van der Waals surface area contributed by atoms with E-state index in [4.69, 9.17) is 5.73 Å². The van der Waals surface area contributed by atoms with Gasteiger partial charge in [0.15, 0.2) is 5.78 Å². The lowest BCUT2D eigenvalue weighted by molar-refractivity contribution is -0.642. The van der Waals surface area contributed by atoms with E-state index in [0.29, 0.717) is 11.5 Å². The molecule has 0 saturated carbocycles. The minimum Gasteiger partial charge on any atom is -0.291 e. The fourth-order valence-electron chi connectivity index (χ4n) is 3.74. The van der Waals surface area contributed by atoms with Crippen molar-refractivity contribution in [2.75, 3.05) is 5.73 Å². The molecule has 0 atom stereocenters. The highest BCUT2D eigenvalue weighted by Crippen LogP contribution is 2.20. The monoisotopic (exact) mass is 384 g/mol. The van der Waals surface area contributed by atoms with Crippen LogP contribution in [0.15, 0.2) is 78.9 Å². The Hall–Kier alpha value is -3.40. The molecule has 1 heterocycles. The van der Waals surface area contributed by atoms with Crippen LogP contribution in [0.4, 0.5) is 5.95 Å². The van der Waals surface area contributed by atoms with Gasteiger partial charge in [-0.05, 0) is 29.7 Å². The predicted octanol–water partition coefficient (Wildman–Crippen LogP) is 4.86. The fraction of sp³-hybridized carbons (Fsp3) is 0.200. The van der Waals surface area contributed by atoms with Crippen LogP contribution in [0.2, 0.25) is 0 Å². The van der Waals surface area contributed by atoms with Gasteiger partial charge >= 0.3 is 5.95 Å². The lowest BCUT2D eigenvalue weighted by Gasteiger charge is -2.05. The van der Waals surface area contributed by atoms with Gasteiger partial charge in [-0.15, -0.1) is 0 Å². The minimum absolute atomic E-state index is 0.0553. The number of anilines is 1. The van der Waals surface area contributed by atoms with E-state index in [1.807, 2.05) is 65.2 Å². The summed E-state index contributed by atoms with van der Waals surface area (Å²) in [5, 5.41) is 0. The third-order valence-electron chi connectivity index (χ3n) is 5.37. The molecule has 0 aliphatic rings. The molecule has 4 aromatic rings. The molecule has 0 amide bonds.